The van der Waals surface area contributed by atoms with E-state index < -0.39 is 0 Å². The number of thiocarbonyl (C=S) groups is 1. The summed E-state index contributed by atoms with van der Waals surface area (Å²) in [7, 11) is 3.25. The van der Waals surface area contributed by atoms with Gasteiger partial charge >= 0.3 is 0 Å². The van der Waals surface area contributed by atoms with Crippen LogP contribution in [0, 0.1) is 23.7 Å². The minimum atomic E-state index is -0.00574. The molecular weight excluding hydrogens is 581 g/mol. The van der Waals surface area contributed by atoms with Gasteiger partial charge in [0.1, 0.15) is 27.3 Å². The first-order valence-electron chi connectivity index (χ1n) is 15.8. The van der Waals surface area contributed by atoms with Gasteiger partial charge in [0.15, 0.2) is 0 Å². The van der Waals surface area contributed by atoms with E-state index in [4.69, 9.17) is 26.1 Å². The molecule has 2 bridgehead atoms. The van der Waals surface area contributed by atoms with Gasteiger partial charge in [0.05, 0.1) is 19.1 Å². The van der Waals surface area contributed by atoms with Crippen LogP contribution in [0.15, 0.2) is 33.6 Å². The number of hydrogen-bond acceptors (Lipinski definition) is 7. The average molecular weight is 623 g/mol. The van der Waals surface area contributed by atoms with Crippen LogP contribution >= 0.6 is 24.0 Å². The van der Waals surface area contributed by atoms with E-state index in [0.29, 0.717) is 57.0 Å². The Balaban J connectivity index is 1.22. The average Bonchev–Trinajstić information content (AvgIpc) is 3.85. The number of benzene rings is 1. The van der Waals surface area contributed by atoms with E-state index in [2.05, 4.69) is 12.2 Å². The number of furan rings is 1. The lowest BCUT2D eigenvalue weighted by molar-refractivity contribution is -0.126. The number of nitrogens with zero attached hydrogens (tertiary/aromatic N) is 1. The van der Waals surface area contributed by atoms with Crippen LogP contribution in [0.1, 0.15) is 76.0 Å². The van der Waals surface area contributed by atoms with Crippen LogP contribution in [0.2, 0.25) is 0 Å². The molecule has 230 valence electrons. The smallest absolute Gasteiger partial charge is 0.266 e. The molecule has 5 unspecified atom stereocenters. The zero-order valence-electron chi connectivity index (χ0n) is 25.4. The molecule has 9 heteroatoms. The first-order valence-corrected chi connectivity index (χ1v) is 17.0. The molecule has 1 aliphatic heterocycles. The van der Waals surface area contributed by atoms with Gasteiger partial charge < -0.3 is 19.2 Å². The Morgan fingerprint density at radius 1 is 1.12 bits per heavy atom. The molecule has 0 radical (unpaired) electrons. The Kier molecular flexibility index (Phi) is 9.19. The number of hydrogen-bond donors (Lipinski definition) is 1. The zero-order chi connectivity index (χ0) is 30.1. The zero-order valence-corrected chi connectivity index (χ0v) is 27.0. The number of aryl methyl sites for hydroxylation is 1. The number of rotatable bonds is 11. The van der Waals surface area contributed by atoms with Crippen molar-refractivity contribution in [2.24, 2.45) is 23.7 Å². The van der Waals surface area contributed by atoms with Gasteiger partial charge in [0, 0.05) is 36.2 Å². The maximum atomic E-state index is 13.7. The number of ether oxygens (including phenoxy) is 2. The maximum absolute atomic E-state index is 13.7. The highest BCUT2D eigenvalue weighted by Gasteiger charge is 2.48. The van der Waals surface area contributed by atoms with Crippen molar-refractivity contribution < 1.29 is 23.5 Å². The topological polar surface area (TPSA) is 81.0 Å². The Morgan fingerprint density at radius 2 is 1.91 bits per heavy atom. The van der Waals surface area contributed by atoms with Crippen molar-refractivity contribution in [2.75, 3.05) is 20.8 Å². The van der Waals surface area contributed by atoms with Gasteiger partial charge in [-0.25, -0.2) is 0 Å². The van der Waals surface area contributed by atoms with Gasteiger partial charge in [0.25, 0.3) is 5.91 Å². The molecule has 1 N–H and O–H groups in total. The molecule has 0 spiro atoms. The number of fused-ring (bicyclic) bond motifs is 2. The molecule has 5 atom stereocenters. The molecule has 4 fully saturated rings. The lowest BCUT2D eigenvalue weighted by atomic mass is 9.93. The molecule has 4 aliphatic rings. The van der Waals surface area contributed by atoms with Gasteiger partial charge in [-0.1, -0.05) is 50.2 Å². The summed E-state index contributed by atoms with van der Waals surface area (Å²) in [4.78, 5) is 29.0. The number of carbonyl (C=O) groups excluding carboxylic acids is 2. The van der Waals surface area contributed by atoms with Gasteiger partial charge in [-0.3, -0.25) is 14.5 Å². The van der Waals surface area contributed by atoms with Crippen LogP contribution < -0.4 is 14.8 Å². The van der Waals surface area contributed by atoms with Crippen LogP contribution in [0.5, 0.6) is 11.5 Å². The van der Waals surface area contributed by atoms with Crippen LogP contribution in [0.4, 0.5) is 0 Å². The van der Waals surface area contributed by atoms with Crippen molar-refractivity contribution in [1.29, 1.82) is 0 Å². The minimum absolute atomic E-state index is 0.00574. The molecular formula is C34H42N2O5S2. The first kappa shape index (κ1) is 30.3. The van der Waals surface area contributed by atoms with Crippen molar-refractivity contribution in [3.63, 3.8) is 0 Å². The van der Waals surface area contributed by atoms with Gasteiger partial charge in [-0.15, -0.1) is 0 Å². The summed E-state index contributed by atoms with van der Waals surface area (Å²) < 4.78 is 18.1. The van der Waals surface area contributed by atoms with Crippen LogP contribution in [0.3, 0.4) is 0 Å². The Bertz CT molecular complexity index is 1400. The second kappa shape index (κ2) is 13.1. The van der Waals surface area contributed by atoms with E-state index in [1.165, 1.54) is 31.0 Å². The second-order valence-electron chi connectivity index (χ2n) is 12.5. The van der Waals surface area contributed by atoms with Gasteiger partial charge in [0.2, 0.25) is 5.91 Å². The molecule has 2 aromatic rings. The molecule has 43 heavy (non-hydrogen) atoms. The fourth-order valence-corrected chi connectivity index (χ4v) is 9.10. The quantitative estimate of drug-likeness (QED) is 0.161. The fraction of sp³-hybridized carbons (Fsp3) is 0.559. The predicted molar refractivity (Wildman–Crippen MR) is 174 cm³/mol. The third-order valence-corrected chi connectivity index (χ3v) is 11.4. The number of amides is 2. The van der Waals surface area contributed by atoms with Crippen molar-refractivity contribution in [1.82, 2.24) is 10.2 Å². The summed E-state index contributed by atoms with van der Waals surface area (Å²) in [6, 6.07) is 7.91. The summed E-state index contributed by atoms with van der Waals surface area (Å²) >= 11 is 7.11. The first-order chi connectivity index (χ1) is 20.9. The fourth-order valence-electron chi connectivity index (χ4n) is 7.76. The summed E-state index contributed by atoms with van der Waals surface area (Å²) in [5.41, 5.74) is 1.82. The molecule has 7 nitrogen and oxygen atoms in total. The van der Waals surface area contributed by atoms with Crippen molar-refractivity contribution >= 4 is 46.2 Å². The highest BCUT2D eigenvalue weighted by molar-refractivity contribution is 8.26. The highest BCUT2D eigenvalue weighted by atomic mass is 32.2. The van der Waals surface area contributed by atoms with Crippen LogP contribution in [-0.4, -0.2) is 47.8 Å². The highest BCUT2D eigenvalue weighted by Crippen LogP contribution is 2.49. The third kappa shape index (κ3) is 6.25. The van der Waals surface area contributed by atoms with Crippen molar-refractivity contribution in [2.45, 2.75) is 77.2 Å². The van der Waals surface area contributed by atoms with Crippen LogP contribution in [-0.2, 0) is 16.0 Å². The second-order valence-corrected chi connectivity index (χ2v) is 14.2. The number of methoxy groups -OCH3 is 2. The Labute approximate surface area is 264 Å². The summed E-state index contributed by atoms with van der Waals surface area (Å²) in [5, 5.41) is 3.18. The number of nitrogens with one attached hydrogen (secondary N) is 1. The van der Waals surface area contributed by atoms with Crippen LogP contribution in [0.25, 0.3) is 17.4 Å². The molecule has 1 aromatic heterocycles. The van der Waals surface area contributed by atoms with E-state index in [-0.39, 0.29) is 23.8 Å². The lowest BCUT2D eigenvalue weighted by Crippen LogP contribution is -2.41. The predicted octanol–water partition coefficient (Wildman–Crippen LogP) is 7.23. The molecule has 3 aliphatic carbocycles. The van der Waals surface area contributed by atoms with Gasteiger partial charge in [-0.2, -0.15) is 0 Å². The van der Waals surface area contributed by atoms with Gasteiger partial charge in [-0.05, 0) is 86.5 Å². The molecule has 1 saturated heterocycles. The Morgan fingerprint density at radius 3 is 2.58 bits per heavy atom. The summed E-state index contributed by atoms with van der Waals surface area (Å²) in [6.07, 6.45) is 12.4. The monoisotopic (exact) mass is 622 g/mol. The van der Waals surface area contributed by atoms with E-state index in [1.54, 1.807) is 14.2 Å². The molecule has 6 rings (SSSR count). The summed E-state index contributed by atoms with van der Waals surface area (Å²) in [5.74, 6) is 4.76. The number of carbonyl (C=O) groups is 2. The lowest BCUT2D eigenvalue weighted by Gasteiger charge is -2.30. The molecule has 2 amide bonds. The largest absolute Gasteiger partial charge is 0.497 e. The van der Waals surface area contributed by atoms with Crippen molar-refractivity contribution in [3.05, 3.63) is 40.5 Å². The minimum Gasteiger partial charge on any atom is -0.497 e. The third-order valence-electron chi connectivity index (χ3n) is 10.0. The van der Waals surface area contributed by atoms with Crippen molar-refractivity contribution in [3.8, 4) is 22.8 Å². The molecule has 3 saturated carbocycles. The molecule has 2 heterocycles. The SMILES string of the molecule is CCC1CCCC1C(=O)NCCCc1cc(-c2cc(OC)cc(OC)c2)oc1C=C1SC(=S)N(C2CC3CCC2C3)C1=O. The maximum Gasteiger partial charge on any atom is 0.266 e. The van der Waals surface area contributed by atoms with E-state index >= 15 is 0 Å². The number of thioether (sulfide) groups is 1. The van der Waals surface area contributed by atoms with E-state index in [9.17, 15) is 9.59 Å². The molecule has 1 aromatic carbocycles. The standard InChI is InChI=1S/C34H42N2O5S2/c1-4-21-7-5-9-27(21)32(37)35-12-6-8-23-17-29(24-15-25(39-2)18-26(16-24)40-3)41-30(23)19-31-33(38)36(34(42)43-31)28-14-20-10-11-22(28)13-20/h15-22,27-28H,4-14H2,1-3H3,(H,35,37). The van der Waals surface area contributed by atoms with E-state index in [0.717, 1.165) is 55.6 Å². The normalized spacial score (nSPS) is 27.5. The summed E-state index contributed by atoms with van der Waals surface area (Å²) in [6.45, 7) is 2.78. The van der Waals surface area contributed by atoms with E-state index in [1.807, 2.05) is 35.2 Å². The Hall–Kier alpha value is -2.78.